The first-order valence-corrected chi connectivity index (χ1v) is 6.83. The van der Waals surface area contributed by atoms with Crippen LogP contribution >= 0.6 is 0 Å². The highest BCUT2D eigenvalue weighted by Gasteiger charge is 2.15. The van der Waals surface area contributed by atoms with Gasteiger partial charge in [-0.3, -0.25) is 4.79 Å². The van der Waals surface area contributed by atoms with Crippen LogP contribution in [-0.2, 0) is 0 Å². The van der Waals surface area contributed by atoms with Gasteiger partial charge in [-0.15, -0.1) is 0 Å². The number of rotatable bonds is 5. The predicted octanol–water partition coefficient (Wildman–Crippen LogP) is 2.86. The molecule has 0 bridgehead atoms. The molecule has 4 heteroatoms. The minimum atomic E-state index is -0.345. The molecule has 2 aromatic carbocycles. The third kappa shape index (κ3) is 4.13. The molecule has 0 aliphatic heterocycles. The van der Waals surface area contributed by atoms with Gasteiger partial charge in [-0.25, -0.2) is 4.39 Å². The van der Waals surface area contributed by atoms with Crippen molar-refractivity contribution in [2.45, 2.75) is 6.04 Å². The maximum Gasteiger partial charge on any atom is 0.251 e. The SMILES string of the molecule is CN(C)[C@H](CNC(=O)c1ccc(F)cc1)c1ccccc1. The predicted molar refractivity (Wildman–Crippen MR) is 81.6 cm³/mol. The Kier molecular flexibility index (Phi) is 5.06. The molecule has 2 rings (SSSR count). The number of halogens is 1. The molecule has 0 saturated carbocycles. The summed E-state index contributed by atoms with van der Waals surface area (Å²) in [6.45, 7) is 0.493. The number of amides is 1. The number of benzene rings is 2. The van der Waals surface area contributed by atoms with E-state index in [0.29, 0.717) is 12.1 Å². The van der Waals surface area contributed by atoms with Crippen molar-refractivity contribution in [1.29, 1.82) is 0 Å². The summed E-state index contributed by atoms with van der Waals surface area (Å²) in [5.41, 5.74) is 1.60. The van der Waals surface area contributed by atoms with Crippen molar-refractivity contribution < 1.29 is 9.18 Å². The van der Waals surface area contributed by atoms with E-state index in [9.17, 15) is 9.18 Å². The zero-order valence-corrected chi connectivity index (χ0v) is 12.2. The zero-order valence-electron chi connectivity index (χ0n) is 12.2. The van der Waals surface area contributed by atoms with Gasteiger partial charge in [0.25, 0.3) is 5.91 Å². The summed E-state index contributed by atoms with van der Waals surface area (Å²) < 4.78 is 12.9. The van der Waals surface area contributed by atoms with Gasteiger partial charge in [-0.2, -0.15) is 0 Å². The van der Waals surface area contributed by atoms with E-state index >= 15 is 0 Å². The Morgan fingerprint density at radius 3 is 2.29 bits per heavy atom. The fraction of sp³-hybridized carbons (Fsp3) is 0.235. The molecular formula is C17H19FN2O. The molecule has 0 fully saturated rings. The number of carbonyl (C=O) groups is 1. The Balaban J connectivity index is 2.02. The summed E-state index contributed by atoms with van der Waals surface area (Å²) in [6, 6.07) is 15.6. The lowest BCUT2D eigenvalue weighted by atomic mass is 10.1. The van der Waals surface area contributed by atoms with Gasteiger partial charge < -0.3 is 10.2 Å². The fourth-order valence-corrected chi connectivity index (χ4v) is 2.17. The Morgan fingerprint density at radius 1 is 1.10 bits per heavy atom. The Morgan fingerprint density at radius 2 is 1.71 bits per heavy atom. The molecule has 0 radical (unpaired) electrons. The number of nitrogens with zero attached hydrogens (tertiary/aromatic N) is 1. The molecule has 1 N–H and O–H groups in total. The first-order chi connectivity index (χ1) is 10.1. The average molecular weight is 286 g/mol. The highest BCUT2D eigenvalue weighted by molar-refractivity contribution is 5.94. The summed E-state index contributed by atoms with van der Waals surface area (Å²) >= 11 is 0. The quantitative estimate of drug-likeness (QED) is 0.916. The lowest BCUT2D eigenvalue weighted by molar-refractivity contribution is 0.0942. The van der Waals surface area contributed by atoms with Crippen molar-refractivity contribution in [2.24, 2.45) is 0 Å². The molecule has 21 heavy (non-hydrogen) atoms. The molecule has 1 atom stereocenters. The third-order valence-electron chi connectivity index (χ3n) is 3.37. The van der Waals surface area contributed by atoms with Crippen LogP contribution in [0, 0.1) is 5.82 Å². The van der Waals surface area contributed by atoms with E-state index in [1.807, 2.05) is 44.4 Å². The first kappa shape index (κ1) is 15.2. The molecule has 0 heterocycles. The Bertz CT molecular complexity index is 581. The second-order valence-corrected chi connectivity index (χ2v) is 5.11. The number of likely N-dealkylation sites (N-methyl/N-ethyl adjacent to an activating group) is 1. The molecule has 0 aliphatic rings. The van der Waals surface area contributed by atoms with Crippen molar-refractivity contribution in [3.8, 4) is 0 Å². The molecule has 1 amide bonds. The van der Waals surface area contributed by atoms with Crippen LogP contribution in [0.5, 0.6) is 0 Å². The Labute approximate surface area is 124 Å². The van der Waals surface area contributed by atoms with Crippen molar-refractivity contribution in [1.82, 2.24) is 10.2 Å². The monoisotopic (exact) mass is 286 g/mol. The number of hydrogen-bond donors (Lipinski definition) is 1. The minimum Gasteiger partial charge on any atom is -0.350 e. The van der Waals surface area contributed by atoms with E-state index in [1.54, 1.807) is 0 Å². The van der Waals surface area contributed by atoms with Gasteiger partial charge in [0, 0.05) is 12.1 Å². The maximum atomic E-state index is 12.9. The third-order valence-corrected chi connectivity index (χ3v) is 3.37. The highest BCUT2D eigenvalue weighted by Crippen LogP contribution is 2.16. The van der Waals surface area contributed by atoms with Gasteiger partial charge in [-0.05, 0) is 43.9 Å². The summed E-state index contributed by atoms with van der Waals surface area (Å²) in [5.74, 6) is -0.542. The number of nitrogens with one attached hydrogen (secondary N) is 1. The van der Waals surface area contributed by atoms with Gasteiger partial charge in [0.15, 0.2) is 0 Å². The van der Waals surface area contributed by atoms with Gasteiger partial charge in [0.05, 0.1) is 6.04 Å². The van der Waals surface area contributed by atoms with E-state index in [0.717, 1.165) is 5.56 Å². The van der Waals surface area contributed by atoms with Crippen LogP contribution in [0.25, 0.3) is 0 Å². The lowest BCUT2D eigenvalue weighted by Gasteiger charge is -2.25. The molecule has 110 valence electrons. The molecular weight excluding hydrogens is 267 g/mol. The molecule has 0 saturated heterocycles. The second-order valence-electron chi connectivity index (χ2n) is 5.11. The summed E-state index contributed by atoms with van der Waals surface area (Å²) in [4.78, 5) is 14.1. The summed E-state index contributed by atoms with van der Waals surface area (Å²) in [7, 11) is 3.95. The zero-order chi connectivity index (χ0) is 15.2. The van der Waals surface area contributed by atoms with Gasteiger partial charge >= 0.3 is 0 Å². The molecule has 0 unspecified atom stereocenters. The topological polar surface area (TPSA) is 32.3 Å². The molecule has 0 aliphatic carbocycles. The number of carbonyl (C=O) groups excluding carboxylic acids is 1. The van der Waals surface area contributed by atoms with Crippen LogP contribution in [-0.4, -0.2) is 31.4 Å². The average Bonchev–Trinajstić information content (AvgIpc) is 2.48. The molecule has 3 nitrogen and oxygen atoms in total. The van der Waals surface area contributed by atoms with Gasteiger partial charge in [0.1, 0.15) is 5.82 Å². The van der Waals surface area contributed by atoms with E-state index in [-0.39, 0.29) is 17.8 Å². The van der Waals surface area contributed by atoms with Crippen LogP contribution in [0.3, 0.4) is 0 Å². The van der Waals surface area contributed by atoms with Crippen molar-refractivity contribution in [3.05, 3.63) is 71.5 Å². The lowest BCUT2D eigenvalue weighted by Crippen LogP contribution is -2.34. The van der Waals surface area contributed by atoms with Crippen LogP contribution < -0.4 is 5.32 Å². The van der Waals surface area contributed by atoms with E-state index < -0.39 is 0 Å². The van der Waals surface area contributed by atoms with Crippen molar-refractivity contribution in [3.63, 3.8) is 0 Å². The van der Waals surface area contributed by atoms with Crippen LogP contribution in [0.4, 0.5) is 4.39 Å². The van der Waals surface area contributed by atoms with Gasteiger partial charge in [-0.1, -0.05) is 30.3 Å². The van der Waals surface area contributed by atoms with Crippen LogP contribution in [0.15, 0.2) is 54.6 Å². The number of hydrogen-bond acceptors (Lipinski definition) is 2. The summed E-state index contributed by atoms with van der Waals surface area (Å²) in [5, 5.41) is 2.90. The molecule has 0 spiro atoms. The fourth-order valence-electron chi connectivity index (χ4n) is 2.17. The van der Waals surface area contributed by atoms with Gasteiger partial charge in [0.2, 0.25) is 0 Å². The smallest absolute Gasteiger partial charge is 0.251 e. The standard InChI is InChI=1S/C17H19FN2O/c1-20(2)16(13-6-4-3-5-7-13)12-19-17(21)14-8-10-15(18)11-9-14/h3-11,16H,12H2,1-2H3,(H,19,21)/t16-/m1/s1. The second kappa shape index (κ2) is 6.99. The van der Waals surface area contributed by atoms with E-state index in [2.05, 4.69) is 10.2 Å². The molecule has 0 aromatic heterocycles. The highest BCUT2D eigenvalue weighted by atomic mass is 19.1. The van der Waals surface area contributed by atoms with Crippen LogP contribution in [0.1, 0.15) is 22.0 Å². The maximum absolute atomic E-state index is 12.9. The van der Waals surface area contributed by atoms with E-state index in [1.165, 1.54) is 24.3 Å². The first-order valence-electron chi connectivity index (χ1n) is 6.83. The van der Waals surface area contributed by atoms with Crippen molar-refractivity contribution >= 4 is 5.91 Å². The molecule has 2 aromatic rings. The Hall–Kier alpha value is -2.20. The normalized spacial score (nSPS) is 12.2. The van der Waals surface area contributed by atoms with Crippen LogP contribution in [0.2, 0.25) is 0 Å². The van der Waals surface area contributed by atoms with Crippen molar-refractivity contribution in [2.75, 3.05) is 20.6 Å². The largest absolute Gasteiger partial charge is 0.350 e. The summed E-state index contributed by atoms with van der Waals surface area (Å²) in [6.07, 6.45) is 0. The van der Waals surface area contributed by atoms with E-state index in [4.69, 9.17) is 0 Å². The minimum absolute atomic E-state index is 0.0931.